The molecule has 2 saturated heterocycles. The molecule has 1 atom stereocenters. The molecule has 0 aromatic heterocycles. The van der Waals surface area contributed by atoms with Crippen molar-refractivity contribution in [1.82, 2.24) is 14.7 Å². The maximum absolute atomic E-state index is 14.1. The lowest BCUT2D eigenvalue weighted by Crippen LogP contribution is -2.53. The van der Waals surface area contributed by atoms with E-state index in [1.165, 1.54) is 39.5 Å². The van der Waals surface area contributed by atoms with Crippen LogP contribution in [0.25, 0.3) is 0 Å². The maximum Gasteiger partial charge on any atom is 0.254 e. The van der Waals surface area contributed by atoms with Crippen LogP contribution in [0.5, 0.6) is 17.2 Å². The Labute approximate surface area is 210 Å². The molecule has 2 fully saturated rings. The lowest BCUT2D eigenvalue weighted by molar-refractivity contribution is -0.0501. The minimum atomic E-state index is -0.522. The van der Waals surface area contributed by atoms with E-state index in [4.69, 9.17) is 18.9 Å². The molecule has 2 aromatic rings. The van der Waals surface area contributed by atoms with Gasteiger partial charge < -0.3 is 23.8 Å². The number of methoxy groups -OCH3 is 3. The number of carbonyl (C=O) groups is 1. The molecule has 4 rings (SSSR count). The van der Waals surface area contributed by atoms with Crippen molar-refractivity contribution in [3.05, 3.63) is 53.1 Å². The van der Waals surface area contributed by atoms with E-state index in [0.29, 0.717) is 75.2 Å². The summed E-state index contributed by atoms with van der Waals surface area (Å²) in [7, 11) is 4.56. The fraction of sp³-hybridized carbons (Fsp3) is 0.500. The highest BCUT2D eigenvalue weighted by atomic mass is 19.1. The zero-order chi connectivity index (χ0) is 25.7. The minimum absolute atomic E-state index is 0.0639. The van der Waals surface area contributed by atoms with Gasteiger partial charge in [0.15, 0.2) is 11.5 Å². The van der Waals surface area contributed by atoms with Crippen LogP contribution in [0.3, 0.4) is 0 Å². The van der Waals surface area contributed by atoms with E-state index in [2.05, 4.69) is 4.90 Å². The van der Waals surface area contributed by atoms with Gasteiger partial charge in [-0.05, 0) is 24.3 Å². The summed E-state index contributed by atoms with van der Waals surface area (Å²) in [6.07, 6.45) is -0.0639. The first-order chi connectivity index (χ1) is 17.4. The number of amides is 1. The maximum atomic E-state index is 14.1. The number of hydrogen-bond donors (Lipinski definition) is 0. The number of hydrogen-bond acceptors (Lipinski definition) is 7. The monoisotopic (exact) mass is 505 g/mol. The number of rotatable bonds is 8. The van der Waals surface area contributed by atoms with Crippen molar-refractivity contribution in [2.75, 3.05) is 73.7 Å². The fourth-order valence-corrected chi connectivity index (χ4v) is 4.75. The highest BCUT2D eigenvalue weighted by molar-refractivity contribution is 5.95. The molecule has 196 valence electrons. The van der Waals surface area contributed by atoms with Gasteiger partial charge in [-0.15, -0.1) is 0 Å². The first-order valence-electron chi connectivity index (χ1n) is 12.0. The molecule has 2 aromatic carbocycles. The number of piperazine rings is 1. The molecule has 2 aliphatic rings. The molecule has 0 N–H and O–H groups in total. The third-order valence-corrected chi connectivity index (χ3v) is 6.70. The van der Waals surface area contributed by atoms with Gasteiger partial charge in [0.25, 0.3) is 5.91 Å². The molecule has 2 aliphatic heterocycles. The average molecular weight is 506 g/mol. The fourth-order valence-electron chi connectivity index (χ4n) is 4.75. The highest BCUT2D eigenvalue weighted by Gasteiger charge is 2.28. The van der Waals surface area contributed by atoms with Crippen molar-refractivity contribution in [2.45, 2.75) is 12.6 Å². The Hall–Kier alpha value is -2.95. The third-order valence-electron chi connectivity index (χ3n) is 6.70. The summed E-state index contributed by atoms with van der Waals surface area (Å²) in [6.45, 7) is 5.21. The standard InChI is InChI=1S/C26H33F2N3O5/c1-33-23-13-18(14-24(34-2)25(23)35-3)26(32)31-9-7-29(8-10-31)15-19-16-30(11-12-36-19)17-20-21(27)5-4-6-22(20)28/h4-6,13-14,19H,7-12,15-17H2,1-3H3. The van der Waals surface area contributed by atoms with Crippen molar-refractivity contribution < 1.29 is 32.5 Å². The van der Waals surface area contributed by atoms with Gasteiger partial charge >= 0.3 is 0 Å². The topological polar surface area (TPSA) is 63.7 Å². The number of halogens is 2. The van der Waals surface area contributed by atoms with Gasteiger partial charge in [-0.2, -0.15) is 0 Å². The molecule has 10 heteroatoms. The van der Waals surface area contributed by atoms with Gasteiger partial charge in [0.1, 0.15) is 11.6 Å². The molecule has 8 nitrogen and oxygen atoms in total. The van der Waals surface area contributed by atoms with Crippen LogP contribution in [0.2, 0.25) is 0 Å². The summed E-state index contributed by atoms with van der Waals surface area (Å²) in [6, 6.07) is 7.28. The van der Waals surface area contributed by atoms with Crippen molar-refractivity contribution in [2.24, 2.45) is 0 Å². The zero-order valence-electron chi connectivity index (χ0n) is 21.0. The number of benzene rings is 2. The van der Waals surface area contributed by atoms with Crippen LogP contribution >= 0.6 is 0 Å². The van der Waals surface area contributed by atoms with E-state index in [9.17, 15) is 13.6 Å². The highest BCUT2D eigenvalue weighted by Crippen LogP contribution is 2.38. The van der Waals surface area contributed by atoms with E-state index in [1.807, 2.05) is 9.80 Å². The lowest BCUT2D eigenvalue weighted by atomic mass is 10.1. The Kier molecular flexibility index (Phi) is 8.60. The van der Waals surface area contributed by atoms with Gasteiger partial charge in [-0.1, -0.05) is 6.07 Å². The predicted octanol–water partition coefficient (Wildman–Crippen LogP) is 2.65. The largest absolute Gasteiger partial charge is 0.493 e. The van der Waals surface area contributed by atoms with Gasteiger partial charge in [0, 0.05) is 63.5 Å². The van der Waals surface area contributed by atoms with Crippen molar-refractivity contribution >= 4 is 5.91 Å². The van der Waals surface area contributed by atoms with E-state index in [1.54, 1.807) is 12.1 Å². The van der Waals surface area contributed by atoms with Gasteiger partial charge in [-0.3, -0.25) is 14.6 Å². The summed E-state index contributed by atoms with van der Waals surface area (Å²) in [4.78, 5) is 19.3. The lowest BCUT2D eigenvalue weighted by Gasteiger charge is -2.39. The Balaban J connectivity index is 1.31. The van der Waals surface area contributed by atoms with E-state index in [-0.39, 0.29) is 24.1 Å². The summed E-state index contributed by atoms with van der Waals surface area (Å²) >= 11 is 0. The van der Waals surface area contributed by atoms with Crippen LogP contribution in [0.15, 0.2) is 30.3 Å². The molecule has 1 unspecified atom stereocenters. The molecule has 0 saturated carbocycles. The number of nitrogens with zero attached hydrogens (tertiary/aromatic N) is 3. The third kappa shape index (κ3) is 5.88. The first-order valence-corrected chi connectivity index (χ1v) is 12.0. The minimum Gasteiger partial charge on any atom is -0.493 e. The van der Waals surface area contributed by atoms with E-state index in [0.717, 1.165) is 0 Å². The summed E-state index contributed by atoms with van der Waals surface area (Å²) in [5, 5.41) is 0. The van der Waals surface area contributed by atoms with Crippen LogP contribution in [-0.2, 0) is 11.3 Å². The van der Waals surface area contributed by atoms with Crippen LogP contribution in [-0.4, -0.2) is 100 Å². The molecule has 0 spiro atoms. The molecular formula is C26H33F2N3O5. The second kappa shape index (κ2) is 11.9. The Morgan fingerprint density at radius 2 is 1.58 bits per heavy atom. The molecule has 2 heterocycles. The van der Waals surface area contributed by atoms with Crippen molar-refractivity contribution in [3.63, 3.8) is 0 Å². The Bertz CT molecular complexity index is 1020. The van der Waals surface area contributed by atoms with Crippen molar-refractivity contribution in [1.29, 1.82) is 0 Å². The second-order valence-electron chi connectivity index (χ2n) is 8.93. The first kappa shape index (κ1) is 26.1. The summed E-state index contributed by atoms with van der Waals surface area (Å²) in [5.74, 6) is 0.180. The molecule has 36 heavy (non-hydrogen) atoms. The van der Waals surface area contributed by atoms with Crippen LogP contribution in [0, 0.1) is 11.6 Å². The average Bonchev–Trinajstić information content (AvgIpc) is 2.90. The molecule has 0 aliphatic carbocycles. The van der Waals surface area contributed by atoms with Gasteiger partial charge in [0.2, 0.25) is 5.75 Å². The second-order valence-corrected chi connectivity index (χ2v) is 8.93. The van der Waals surface area contributed by atoms with Gasteiger partial charge in [0.05, 0.1) is 34.0 Å². The number of carbonyl (C=O) groups excluding carboxylic acids is 1. The number of ether oxygens (including phenoxy) is 4. The molecule has 1 amide bonds. The smallest absolute Gasteiger partial charge is 0.254 e. The van der Waals surface area contributed by atoms with E-state index < -0.39 is 11.6 Å². The normalized spacial score (nSPS) is 19.2. The quantitative estimate of drug-likeness (QED) is 0.547. The Morgan fingerprint density at radius 3 is 2.17 bits per heavy atom. The van der Waals surface area contributed by atoms with Crippen LogP contribution in [0.1, 0.15) is 15.9 Å². The molecular weight excluding hydrogens is 472 g/mol. The molecule has 0 bridgehead atoms. The summed E-state index contributed by atoms with van der Waals surface area (Å²) < 4.78 is 50.2. The van der Waals surface area contributed by atoms with E-state index >= 15 is 0 Å². The Morgan fingerprint density at radius 1 is 0.944 bits per heavy atom. The van der Waals surface area contributed by atoms with Crippen LogP contribution < -0.4 is 14.2 Å². The van der Waals surface area contributed by atoms with Gasteiger partial charge in [-0.25, -0.2) is 8.78 Å². The molecule has 0 radical (unpaired) electrons. The predicted molar refractivity (Wildman–Crippen MR) is 130 cm³/mol. The van der Waals surface area contributed by atoms with Crippen LogP contribution in [0.4, 0.5) is 8.78 Å². The summed E-state index contributed by atoms with van der Waals surface area (Å²) in [5.41, 5.74) is 0.571. The van der Waals surface area contributed by atoms with Crippen molar-refractivity contribution in [3.8, 4) is 17.2 Å². The number of morpholine rings is 1. The SMILES string of the molecule is COc1cc(C(=O)N2CCN(CC3CN(Cc4c(F)cccc4F)CCO3)CC2)cc(OC)c1OC. The zero-order valence-corrected chi connectivity index (χ0v) is 21.0.